The van der Waals surface area contributed by atoms with Gasteiger partial charge < -0.3 is 14.7 Å². The van der Waals surface area contributed by atoms with E-state index in [1.165, 1.54) is 6.08 Å². The Balaban J connectivity index is 1.92. The van der Waals surface area contributed by atoms with E-state index < -0.39 is 11.6 Å². The van der Waals surface area contributed by atoms with Crippen molar-refractivity contribution in [2.45, 2.75) is 39.2 Å². The van der Waals surface area contributed by atoms with Gasteiger partial charge in [-0.3, -0.25) is 4.79 Å². The summed E-state index contributed by atoms with van der Waals surface area (Å²) in [7, 11) is 0. The minimum atomic E-state index is -0.697. The molecule has 1 aliphatic rings. The molecule has 1 N–H and O–H groups in total. The molecule has 0 bridgehead atoms. The first kappa shape index (κ1) is 18.0. The van der Waals surface area contributed by atoms with E-state index in [1.807, 2.05) is 45.0 Å². The van der Waals surface area contributed by atoms with Crippen LogP contribution >= 0.6 is 0 Å². The highest BCUT2D eigenvalue weighted by atomic mass is 16.6. The second kappa shape index (κ2) is 7.51. The first-order valence-electron chi connectivity index (χ1n) is 8.23. The smallest absolute Gasteiger partial charge is 0.331 e. The van der Waals surface area contributed by atoms with Gasteiger partial charge in [-0.05, 0) is 57.4 Å². The van der Waals surface area contributed by atoms with Gasteiger partial charge in [-0.25, -0.2) is 4.79 Å². The van der Waals surface area contributed by atoms with Crippen LogP contribution in [0.2, 0.25) is 0 Å². The van der Waals surface area contributed by atoms with Gasteiger partial charge in [0.1, 0.15) is 5.60 Å². The third-order valence-electron chi connectivity index (χ3n) is 3.92. The Morgan fingerprint density at radius 3 is 2.25 bits per heavy atom. The van der Waals surface area contributed by atoms with Gasteiger partial charge in [-0.2, -0.15) is 0 Å². The molecule has 24 heavy (non-hydrogen) atoms. The average Bonchev–Trinajstić information content (AvgIpc) is 2.52. The third-order valence-corrected chi connectivity index (χ3v) is 3.92. The molecule has 5 nitrogen and oxygen atoms in total. The molecule has 1 aromatic carbocycles. The molecule has 1 heterocycles. The molecule has 0 atom stereocenters. The molecular formula is C19H25NO4. The highest BCUT2D eigenvalue weighted by Gasteiger charge is 2.24. The van der Waals surface area contributed by atoms with Crippen molar-refractivity contribution in [2.24, 2.45) is 5.92 Å². The summed E-state index contributed by atoms with van der Waals surface area (Å²) < 4.78 is 5.23. The molecule has 0 unspecified atom stereocenters. The zero-order valence-corrected chi connectivity index (χ0v) is 14.5. The van der Waals surface area contributed by atoms with Crippen molar-refractivity contribution in [2.75, 3.05) is 18.0 Å². The van der Waals surface area contributed by atoms with Gasteiger partial charge in [0.25, 0.3) is 0 Å². The first-order chi connectivity index (χ1) is 11.2. The van der Waals surface area contributed by atoms with Gasteiger partial charge in [0.05, 0.1) is 5.92 Å². The van der Waals surface area contributed by atoms with E-state index in [4.69, 9.17) is 9.84 Å². The van der Waals surface area contributed by atoms with Crippen molar-refractivity contribution < 1.29 is 19.4 Å². The minimum absolute atomic E-state index is 0.225. The molecule has 0 radical (unpaired) electrons. The lowest BCUT2D eigenvalue weighted by Gasteiger charge is -2.32. The van der Waals surface area contributed by atoms with Gasteiger partial charge in [0.15, 0.2) is 0 Å². The van der Waals surface area contributed by atoms with Crippen LogP contribution in [-0.4, -0.2) is 35.7 Å². The maximum Gasteiger partial charge on any atom is 0.331 e. The number of ether oxygens (including phenoxy) is 1. The molecule has 0 spiro atoms. The topological polar surface area (TPSA) is 66.8 Å². The van der Waals surface area contributed by atoms with Crippen LogP contribution in [0.3, 0.4) is 0 Å². The highest BCUT2D eigenvalue weighted by molar-refractivity contribution is 5.87. The van der Waals surface area contributed by atoms with Gasteiger partial charge in [0.2, 0.25) is 0 Å². The standard InChI is InChI=1S/C19H25NO4/c1-19(2,3)24-17(21)9-6-14-4-7-16(8-5-14)20-12-10-15(11-13-20)18(22)23/h4-9,15H,10-13H2,1-3H3,(H,22,23). The van der Waals surface area contributed by atoms with Crippen LogP contribution in [-0.2, 0) is 14.3 Å². The molecule has 2 rings (SSSR count). The quantitative estimate of drug-likeness (QED) is 0.677. The summed E-state index contributed by atoms with van der Waals surface area (Å²) in [6, 6.07) is 7.88. The maximum absolute atomic E-state index is 11.7. The Kier molecular flexibility index (Phi) is 5.65. The molecule has 0 aliphatic carbocycles. The number of aliphatic carboxylic acids is 1. The highest BCUT2D eigenvalue weighted by Crippen LogP contribution is 2.24. The Labute approximate surface area is 142 Å². The van der Waals surface area contributed by atoms with Gasteiger partial charge in [-0.1, -0.05) is 12.1 Å². The van der Waals surface area contributed by atoms with Crippen LogP contribution in [0.15, 0.2) is 30.3 Å². The molecular weight excluding hydrogens is 306 g/mol. The monoisotopic (exact) mass is 331 g/mol. The van der Waals surface area contributed by atoms with Crippen molar-refractivity contribution in [1.29, 1.82) is 0 Å². The summed E-state index contributed by atoms with van der Waals surface area (Å²) in [5, 5.41) is 9.04. The van der Waals surface area contributed by atoms with E-state index in [0.717, 1.165) is 24.3 Å². The number of rotatable bonds is 4. The van der Waals surface area contributed by atoms with Crippen molar-refractivity contribution >= 4 is 23.7 Å². The van der Waals surface area contributed by atoms with Crippen LogP contribution in [0.4, 0.5) is 5.69 Å². The SMILES string of the molecule is CC(C)(C)OC(=O)C=Cc1ccc(N2CCC(C(=O)O)CC2)cc1. The number of hydrogen-bond acceptors (Lipinski definition) is 4. The molecule has 5 heteroatoms. The Hall–Kier alpha value is -2.30. The fourth-order valence-electron chi connectivity index (χ4n) is 2.68. The van der Waals surface area contributed by atoms with E-state index in [2.05, 4.69) is 4.90 Å². The fourth-order valence-corrected chi connectivity index (χ4v) is 2.68. The molecule has 0 saturated carbocycles. The normalized spacial score (nSPS) is 16.4. The van der Waals surface area contributed by atoms with E-state index in [1.54, 1.807) is 6.08 Å². The van der Waals surface area contributed by atoms with Crippen LogP contribution in [0.25, 0.3) is 6.08 Å². The number of piperidine rings is 1. The van der Waals surface area contributed by atoms with Crippen LogP contribution in [0, 0.1) is 5.92 Å². The number of carbonyl (C=O) groups excluding carboxylic acids is 1. The number of esters is 1. The van der Waals surface area contributed by atoms with Crippen molar-refractivity contribution in [3.63, 3.8) is 0 Å². The number of benzene rings is 1. The lowest BCUT2D eigenvalue weighted by atomic mass is 9.96. The Morgan fingerprint density at radius 2 is 1.75 bits per heavy atom. The Bertz CT molecular complexity index is 605. The van der Waals surface area contributed by atoms with Crippen molar-refractivity contribution in [1.82, 2.24) is 0 Å². The van der Waals surface area contributed by atoms with Crippen molar-refractivity contribution in [3.05, 3.63) is 35.9 Å². The van der Waals surface area contributed by atoms with E-state index in [9.17, 15) is 9.59 Å². The van der Waals surface area contributed by atoms with Crippen LogP contribution < -0.4 is 4.90 Å². The molecule has 1 fully saturated rings. The minimum Gasteiger partial charge on any atom is -0.481 e. The second-order valence-corrected chi connectivity index (χ2v) is 7.06. The number of hydrogen-bond donors (Lipinski definition) is 1. The predicted molar refractivity (Wildman–Crippen MR) is 93.9 cm³/mol. The van der Waals surface area contributed by atoms with E-state index in [-0.39, 0.29) is 11.9 Å². The summed E-state index contributed by atoms with van der Waals surface area (Å²) in [4.78, 5) is 24.9. The molecule has 1 aromatic rings. The summed E-state index contributed by atoms with van der Waals surface area (Å²) in [5.74, 6) is -1.28. The second-order valence-electron chi connectivity index (χ2n) is 7.06. The summed E-state index contributed by atoms with van der Waals surface area (Å²) in [6.07, 6.45) is 4.51. The number of anilines is 1. The van der Waals surface area contributed by atoms with Crippen LogP contribution in [0.5, 0.6) is 0 Å². The number of carboxylic acid groups (broad SMARTS) is 1. The zero-order valence-electron chi connectivity index (χ0n) is 14.5. The molecule has 1 aliphatic heterocycles. The third kappa shape index (κ3) is 5.41. The molecule has 0 aromatic heterocycles. The van der Waals surface area contributed by atoms with E-state index >= 15 is 0 Å². The summed E-state index contributed by atoms with van der Waals surface area (Å²) >= 11 is 0. The lowest BCUT2D eigenvalue weighted by molar-refractivity contribution is -0.148. The van der Waals surface area contributed by atoms with Gasteiger partial charge >= 0.3 is 11.9 Å². The molecule has 1 saturated heterocycles. The number of carboxylic acids is 1. The Morgan fingerprint density at radius 1 is 1.17 bits per heavy atom. The van der Waals surface area contributed by atoms with Crippen LogP contribution in [0.1, 0.15) is 39.2 Å². The van der Waals surface area contributed by atoms with E-state index in [0.29, 0.717) is 12.8 Å². The maximum atomic E-state index is 11.7. The molecule has 0 amide bonds. The number of carbonyl (C=O) groups is 2. The fraction of sp³-hybridized carbons (Fsp3) is 0.474. The summed E-state index contributed by atoms with van der Waals surface area (Å²) in [6.45, 7) is 7.01. The molecule has 130 valence electrons. The average molecular weight is 331 g/mol. The van der Waals surface area contributed by atoms with Gasteiger partial charge in [-0.15, -0.1) is 0 Å². The first-order valence-corrected chi connectivity index (χ1v) is 8.23. The largest absolute Gasteiger partial charge is 0.481 e. The van der Waals surface area contributed by atoms with Crippen molar-refractivity contribution in [3.8, 4) is 0 Å². The lowest BCUT2D eigenvalue weighted by Crippen LogP contribution is -2.36. The summed E-state index contributed by atoms with van der Waals surface area (Å²) in [5.41, 5.74) is 1.51. The number of nitrogens with zero attached hydrogens (tertiary/aromatic N) is 1. The van der Waals surface area contributed by atoms with Gasteiger partial charge in [0, 0.05) is 24.9 Å². The predicted octanol–water partition coefficient (Wildman–Crippen LogP) is 3.34. The zero-order chi connectivity index (χ0) is 17.7.